The molecule has 6 nitrogen and oxygen atoms in total. The predicted molar refractivity (Wildman–Crippen MR) is 130 cm³/mol. The van der Waals surface area contributed by atoms with Crippen LogP contribution in [0.3, 0.4) is 0 Å². The third-order valence-electron chi connectivity index (χ3n) is 4.37. The van der Waals surface area contributed by atoms with Gasteiger partial charge in [0.2, 0.25) is 5.78 Å². The number of nitrogens with zero attached hydrogens (tertiary/aromatic N) is 1. The number of hydrogen-bond donors (Lipinski definition) is 3. The molecule has 32 heavy (non-hydrogen) atoms. The summed E-state index contributed by atoms with van der Waals surface area (Å²) in [5.41, 5.74) is -1.25. The summed E-state index contributed by atoms with van der Waals surface area (Å²) >= 11 is 4.54. The Morgan fingerprint density at radius 3 is 2.69 bits per heavy atom. The van der Waals surface area contributed by atoms with Gasteiger partial charge in [0, 0.05) is 28.6 Å². The van der Waals surface area contributed by atoms with Crippen LogP contribution in [0.15, 0.2) is 28.9 Å². The Morgan fingerprint density at radius 2 is 2.03 bits per heavy atom. The lowest BCUT2D eigenvalue weighted by Gasteiger charge is -2.20. The van der Waals surface area contributed by atoms with Crippen molar-refractivity contribution in [2.75, 3.05) is 22.4 Å². The lowest BCUT2D eigenvalue weighted by atomic mass is 9.99. The summed E-state index contributed by atoms with van der Waals surface area (Å²) < 4.78 is 38.4. The molecule has 0 spiro atoms. The molecule has 0 radical (unpaired) electrons. The minimum atomic E-state index is -1.07. The first-order valence-electron chi connectivity index (χ1n) is 10.4. The van der Waals surface area contributed by atoms with E-state index in [4.69, 9.17) is 10.1 Å². The van der Waals surface area contributed by atoms with Gasteiger partial charge in [-0.15, -0.1) is 0 Å². The largest absolute Gasteiger partial charge is 0.359 e. The van der Waals surface area contributed by atoms with E-state index in [1.54, 1.807) is 0 Å². The number of anilines is 2. The number of pyridine rings is 1. The number of rotatable bonds is 13. The fourth-order valence-electron chi connectivity index (χ4n) is 2.88. The molecular formula is C22H27BrF2N4O2S. The molecule has 1 aromatic heterocycles. The van der Waals surface area contributed by atoms with Crippen LogP contribution in [0.25, 0.3) is 0 Å². The highest BCUT2D eigenvalue weighted by Gasteiger charge is 2.27. The van der Waals surface area contributed by atoms with Crippen LogP contribution >= 0.6 is 27.9 Å². The summed E-state index contributed by atoms with van der Waals surface area (Å²) in [6.45, 7) is 6.30. The quantitative estimate of drug-likeness (QED) is 0.0913. The molecule has 174 valence electrons. The van der Waals surface area contributed by atoms with Gasteiger partial charge >= 0.3 is 0 Å². The SMILES string of the molecule is CCCSNc1ccc(F)c(C(=O)C(=N)c2cc(Br)cnc2NC(CCC)OCC)c1F. The third kappa shape index (κ3) is 6.73. The number of hydrogen-bond acceptors (Lipinski definition) is 7. The second kappa shape index (κ2) is 12.9. The molecule has 0 fully saturated rings. The molecule has 1 heterocycles. The summed E-state index contributed by atoms with van der Waals surface area (Å²) in [6, 6.07) is 3.77. The number of aromatic nitrogens is 1. The molecule has 0 saturated heterocycles. The number of Topliss-reactive ketones (excluding diaryl/α,β-unsaturated/α-hetero) is 1. The van der Waals surface area contributed by atoms with Crippen LogP contribution in [0.1, 0.15) is 56.0 Å². The zero-order valence-corrected chi connectivity index (χ0v) is 20.6. The minimum absolute atomic E-state index is 0.00827. The van der Waals surface area contributed by atoms with E-state index in [-0.39, 0.29) is 23.3 Å². The van der Waals surface area contributed by atoms with Crippen molar-refractivity contribution in [3.8, 4) is 0 Å². The number of ketones is 1. The van der Waals surface area contributed by atoms with Crippen molar-refractivity contribution in [1.29, 1.82) is 5.41 Å². The van der Waals surface area contributed by atoms with Crippen molar-refractivity contribution in [2.45, 2.75) is 46.3 Å². The van der Waals surface area contributed by atoms with Crippen molar-refractivity contribution in [3.63, 3.8) is 0 Å². The van der Waals surface area contributed by atoms with E-state index in [1.165, 1.54) is 30.3 Å². The van der Waals surface area contributed by atoms with E-state index in [0.29, 0.717) is 23.3 Å². The Bertz CT molecular complexity index is 956. The average molecular weight is 529 g/mol. The molecule has 2 aromatic rings. The Labute approximate surface area is 199 Å². The maximum atomic E-state index is 15.0. The van der Waals surface area contributed by atoms with Gasteiger partial charge in [-0.05, 0) is 53.9 Å². The Kier molecular flexibility index (Phi) is 10.5. The number of ether oxygens (including phenoxy) is 1. The van der Waals surface area contributed by atoms with E-state index in [1.807, 2.05) is 20.8 Å². The zero-order valence-electron chi connectivity index (χ0n) is 18.2. The molecule has 1 aromatic carbocycles. The highest BCUT2D eigenvalue weighted by Crippen LogP contribution is 2.27. The summed E-state index contributed by atoms with van der Waals surface area (Å²) in [6.07, 6.45) is 3.51. The van der Waals surface area contributed by atoms with Crippen molar-refractivity contribution in [3.05, 3.63) is 51.6 Å². The maximum absolute atomic E-state index is 15.0. The van der Waals surface area contributed by atoms with Gasteiger partial charge in [0.25, 0.3) is 0 Å². The van der Waals surface area contributed by atoms with Gasteiger partial charge in [-0.3, -0.25) is 10.2 Å². The molecule has 1 atom stereocenters. The third-order valence-corrected chi connectivity index (χ3v) is 5.78. The smallest absolute Gasteiger partial charge is 0.217 e. The van der Waals surface area contributed by atoms with Gasteiger partial charge in [0.05, 0.1) is 11.3 Å². The standard InChI is InChI=1S/C22H27BrF2N4O2S/c1-4-7-17(31-6-3)28-22-14(11-13(23)12-27-22)20(26)21(30)18-15(24)8-9-16(19(18)25)29-32-10-5-2/h8-9,11-12,17,26,29H,4-7,10H2,1-3H3,(H,27,28). The highest BCUT2D eigenvalue weighted by molar-refractivity contribution is 9.10. The maximum Gasteiger partial charge on any atom is 0.217 e. The summed E-state index contributed by atoms with van der Waals surface area (Å²) in [4.78, 5) is 17.3. The Hall–Kier alpha value is -2.04. The van der Waals surface area contributed by atoms with Gasteiger partial charge in [0.1, 0.15) is 23.6 Å². The predicted octanol–water partition coefficient (Wildman–Crippen LogP) is 6.42. The fourth-order valence-corrected chi connectivity index (χ4v) is 3.83. The first kappa shape index (κ1) is 26.2. The van der Waals surface area contributed by atoms with E-state index in [2.05, 4.69) is 31.0 Å². The molecule has 0 aliphatic rings. The van der Waals surface area contributed by atoms with E-state index < -0.39 is 28.7 Å². The van der Waals surface area contributed by atoms with Crippen molar-refractivity contribution >= 4 is 50.9 Å². The molecule has 0 bridgehead atoms. The first-order valence-corrected chi connectivity index (χ1v) is 12.1. The molecule has 0 aliphatic heterocycles. The van der Waals surface area contributed by atoms with Crippen molar-refractivity contribution < 1.29 is 18.3 Å². The van der Waals surface area contributed by atoms with E-state index in [0.717, 1.165) is 18.9 Å². The molecule has 0 aliphatic carbocycles. The lowest BCUT2D eigenvalue weighted by molar-refractivity contribution is 0.0759. The second-order valence-corrected chi connectivity index (χ2v) is 8.68. The molecule has 3 N–H and O–H groups in total. The molecular weight excluding hydrogens is 502 g/mol. The summed E-state index contributed by atoms with van der Waals surface area (Å²) in [7, 11) is 0. The van der Waals surface area contributed by atoms with Gasteiger partial charge in [0.15, 0.2) is 5.82 Å². The van der Waals surface area contributed by atoms with Crippen LogP contribution in [0.2, 0.25) is 0 Å². The van der Waals surface area contributed by atoms with Crippen LogP contribution in [0, 0.1) is 17.0 Å². The number of benzene rings is 1. The van der Waals surface area contributed by atoms with Gasteiger partial charge < -0.3 is 14.8 Å². The summed E-state index contributed by atoms with van der Waals surface area (Å²) in [5.74, 6) is -2.19. The van der Waals surface area contributed by atoms with Crippen LogP contribution < -0.4 is 10.0 Å². The lowest BCUT2D eigenvalue weighted by Crippen LogP contribution is -2.26. The molecule has 0 saturated carbocycles. The normalized spacial score (nSPS) is 11.8. The Balaban J connectivity index is 2.40. The van der Waals surface area contributed by atoms with Crippen molar-refractivity contribution in [1.82, 2.24) is 4.98 Å². The first-order chi connectivity index (χ1) is 15.3. The number of nitrogens with one attached hydrogen (secondary N) is 3. The number of carbonyl (C=O) groups is 1. The topological polar surface area (TPSA) is 87.1 Å². The van der Waals surface area contributed by atoms with Crippen LogP contribution in [0.5, 0.6) is 0 Å². The number of carbonyl (C=O) groups excluding carboxylic acids is 1. The van der Waals surface area contributed by atoms with Gasteiger partial charge in [-0.1, -0.05) is 32.2 Å². The van der Waals surface area contributed by atoms with Gasteiger partial charge in [-0.25, -0.2) is 13.8 Å². The average Bonchev–Trinajstić information content (AvgIpc) is 2.76. The van der Waals surface area contributed by atoms with E-state index >= 15 is 0 Å². The summed E-state index contributed by atoms with van der Waals surface area (Å²) in [5, 5.41) is 11.5. The van der Waals surface area contributed by atoms with Crippen LogP contribution in [-0.4, -0.2) is 35.1 Å². The monoisotopic (exact) mass is 528 g/mol. The molecule has 1 unspecified atom stereocenters. The van der Waals surface area contributed by atoms with Gasteiger partial charge in [-0.2, -0.15) is 0 Å². The molecule has 0 amide bonds. The fraction of sp³-hybridized carbons (Fsp3) is 0.409. The Morgan fingerprint density at radius 1 is 1.28 bits per heavy atom. The highest BCUT2D eigenvalue weighted by atomic mass is 79.9. The molecule has 10 heteroatoms. The van der Waals surface area contributed by atoms with Crippen LogP contribution in [0.4, 0.5) is 20.3 Å². The van der Waals surface area contributed by atoms with Crippen molar-refractivity contribution in [2.24, 2.45) is 0 Å². The van der Waals surface area contributed by atoms with E-state index in [9.17, 15) is 13.6 Å². The molecule has 2 rings (SSSR count). The second-order valence-electron chi connectivity index (χ2n) is 6.87. The zero-order chi connectivity index (χ0) is 23.7. The van der Waals surface area contributed by atoms with Crippen LogP contribution in [-0.2, 0) is 4.74 Å². The number of halogens is 3. The minimum Gasteiger partial charge on any atom is -0.359 e.